The van der Waals surface area contributed by atoms with Crippen LogP contribution in [0.4, 0.5) is 5.69 Å². The van der Waals surface area contributed by atoms with E-state index in [0.717, 1.165) is 33.7 Å². The van der Waals surface area contributed by atoms with Crippen LogP contribution in [0.25, 0.3) is 5.57 Å². The van der Waals surface area contributed by atoms with Gasteiger partial charge in [0, 0.05) is 35.6 Å². The number of rotatable bonds is 4. The van der Waals surface area contributed by atoms with Gasteiger partial charge in [0.2, 0.25) is 0 Å². The Bertz CT molecular complexity index is 1270. The molecule has 2 aliphatic heterocycles. The zero-order valence-electron chi connectivity index (χ0n) is 20.0. The number of hydrogen-bond acceptors (Lipinski definition) is 6. The number of anilines is 1. The lowest BCUT2D eigenvalue weighted by Gasteiger charge is -2.10. The maximum atomic E-state index is 10.0. The fraction of sp³-hybridized carbons (Fsp3) is 0.0345. The third-order valence-corrected chi connectivity index (χ3v) is 4.99. The van der Waals surface area contributed by atoms with E-state index in [4.69, 9.17) is 10.5 Å². The van der Waals surface area contributed by atoms with Crippen LogP contribution in [0, 0.1) is 6.92 Å². The number of hydrogen-bond donors (Lipinski definition) is 3. The minimum absolute atomic E-state index is 0.329. The number of ether oxygens (including phenoxy) is 1. The topological polar surface area (TPSA) is 128 Å². The highest BCUT2D eigenvalue weighted by Gasteiger charge is 2.08. The third kappa shape index (κ3) is 8.48. The van der Waals surface area contributed by atoms with Gasteiger partial charge in [-0.2, -0.15) is 0 Å². The molecule has 8 nitrogen and oxygen atoms in total. The van der Waals surface area contributed by atoms with Crippen LogP contribution in [0.1, 0.15) is 16.7 Å². The molecule has 186 valence electrons. The van der Waals surface area contributed by atoms with Crippen molar-refractivity contribution in [2.45, 2.75) is 6.92 Å². The molecule has 0 unspecified atom stereocenters. The van der Waals surface area contributed by atoms with Crippen molar-refractivity contribution in [3.63, 3.8) is 0 Å². The molecule has 4 N–H and O–H groups in total. The summed E-state index contributed by atoms with van der Waals surface area (Å²) >= 11 is 0. The molecule has 0 aromatic heterocycles. The van der Waals surface area contributed by atoms with E-state index in [0.29, 0.717) is 0 Å². The van der Waals surface area contributed by atoms with E-state index >= 15 is 0 Å². The highest BCUT2D eigenvalue weighted by Crippen LogP contribution is 2.25. The standard InChI is InChI=1S/C21H19NO.2C4H3NO2/c1-16-14-19(12-13-21(16)22)23-15-20(17-8-4-2-5-9-17)18-10-6-3-7-11-18;2*6-3-1-2-4(7)5-3/h2-15H,22H2,1H3;2*1-2H,(H,5,6,7). The Labute approximate surface area is 214 Å². The van der Waals surface area contributed by atoms with E-state index in [-0.39, 0.29) is 23.6 Å². The van der Waals surface area contributed by atoms with Crippen LogP contribution in [-0.2, 0) is 19.2 Å². The Kier molecular flexibility index (Phi) is 9.27. The normalized spacial score (nSPS) is 13.0. The molecule has 2 aliphatic rings. The van der Waals surface area contributed by atoms with Gasteiger partial charge in [0.15, 0.2) is 0 Å². The van der Waals surface area contributed by atoms with Gasteiger partial charge in [-0.15, -0.1) is 0 Å². The molecule has 0 atom stereocenters. The summed E-state index contributed by atoms with van der Waals surface area (Å²) in [5, 5.41) is 4.06. The van der Waals surface area contributed by atoms with Crippen molar-refractivity contribution in [3.05, 3.63) is 126 Å². The average Bonchev–Trinajstić information content (AvgIpc) is 3.48. The second kappa shape index (κ2) is 13.0. The molecule has 8 heteroatoms. The van der Waals surface area contributed by atoms with Crippen LogP contribution in [0.5, 0.6) is 5.75 Å². The number of amides is 4. The summed E-state index contributed by atoms with van der Waals surface area (Å²) in [6.07, 6.45) is 6.59. The number of aryl methyl sites for hydroxylation is 1. The summed E-state index contributed by atoms with van der Waals surface area (Å²) in [5.74, 6) is -0.536. The summed E-state index contributed by atoms with van der Waals surface area (Å²) < 4.78 is 5.90. The van der Waals surface area contributed by atoms with E-state index in [1.165, 1.54) is 24.3 Å². The van der Waals surface area contributed by atoms with Crippen molar-refractivity contribution in [2.24, 2.45) is 0 Å². The Balaban J connectivity index is 0.000000220. The number of nitrogens with two attached hydrogens (primary N) is 1. The molecular weight excluding hydrogens is 470 g/mol. The number of nitrogen functional groups attached to an aromatic ring is 1. The van der Waals surface area contributed by atoms with E-state index in [9.17, 15) is 19.2 Å². The van der Waals surface area contributed by atoms with Crippen LogP contribution in [0.2, 0.25) is 0 Å². The minimum atomic E-state index is -0.329. The van der Waals surface area contributed by atoms with Gasteiger partial charge in [-0.05, 0) is 41.8 Å². The number of imide groups is 2. The molecule has 5 rings (SSSR count). The molecule has 0 radical (unpaired) electrons. The van der Waals surface area contributed by atoms with E-state index in [1.807, 2.05) is 72.2 Å². The van der Waals surface area contributed by atoms with Crippen LogP contribution >= 0.6 is 0 Å². The quantitative estimate of drug-likeness (QED) is 0.289. The summed E-state index contributed by atoms with van der Waals surface area (Å²) in [6, 6.07) is 26.1. The molecule has 37 heavy (non-hydrogen) atoms. The highest BCUT2D eigenvalue weighted by molar-refractivity contribution is 6.13. The predicted octanol–water partition coefficient (Wildman–Crippen LogP) is 3.44. The first-order valence-electron chi connectivity index (χ1n) is 11.2. The van der Waals surface area contributed by atoms with Crippen molar-refractivity contribution in [1.29, 1.82) is 0 Å². The Morgan fingerprint density at radius 1 is 0.676 bits per heavy atom. The summed E-state index contributed by atoms with van der Waals surface area (Å²) in [5.41, 5.74) is 10.9. The third-order valence-electron chi connectivity index (χ3n) is 4.99. The Morgan fingerprint density at radius 2 is 1.11 bits per heavy atom. The van der Waals surface area contributed by atoms with Gasteiger partial charge >= 0.3 is 0 Å². The highest BCUT2D eigenvalue weighted by atomic mass is 16.5. The maximum Gasteiger partial charge on any atom is 0.250 e. The molecule has 0 saturated heterocycles. The monoisotopic (exact) mass is 495 g/mol. The minimum Gasteiger partial charge on any atom is -0.464 e. The zero-order chi connectivity index (χ0) is 26.6. The van der Waals surface area contributed by atoms with Crippen LogP contribution < -0.4 is 21.1 Å². The van der Waals surface area contributed by atoms with Gasteiger partial charge in [0.05, 0.1) is 6.26 Å². The molecular formula is C29H25N3O5. The average molecular weight is 496 g/mol. The lowest BCUT2D eigenvalue weighted by atomic mass is 9.99. The molecule has 2 heterocycles. The van der Waals surface area contributed by atoms with Crippen LogP contribution in [-0.4, -0.2) is 23.6 Å². The van der Waals surface area contributed by atoms with Crippen molar-refractivity contribution in [3.8, 4) is 5.75 Å². The van der Waals surface area contributed by atoms with Gasteiger partial charge in [-0.1, -0.05) is 60.7 Å². The van der Waals surface area contributed by atoms with E-state index < -0.39 is 0 Å². The largest absolute Gasteiger partial charge is 0.464 e. The van der Waals surface area contributed by atoms with Crippen LogP contribution in [0.15, 0.2) is 109 Å². The number of benzene rings is 3. The lowest BCUT2D eigenvalue weighted by molar-refractivity contribution is -0.125. The van der Waals surface area contributed by atoms with Crippen molar-refractivity contribution in [1.82, 2.24) is 10.6 Å². The van der Waals surface area contributed by atoms with Gasteiger partial charge < -0.3 is 10.5 Å². The predicted molar refractivity (Wildman–Crippen MR) is 141 cm³/mol. The molecule has 3 aromatic rings. The number of carbonyl (C=O) groups excluding carboxylic acids is 4. The fourth-order valence-electron chi connectivity index (χ4n) is 3.10. The van der Waals surface area contributed by atoms with Crippen LogP contribution in [0.3, 0.4) is 0 Å². The molecule has 0 fully saturated rings. The van der Waals surface area contributed by atoms with Gasteiger partial charge in [-0.3, -0.25) is 29.8 Å². The first-order valence-corrected chi connectivity index (χ1v) is 11.2. The number of nitrogens with one attached hydrogen (secondary N) is 2. The van der Waals surface area contributed by atoms with Crippen molar-refractivity contribution >= 4 is 34.9 Å². The summed E-state index contributed by atoms with van der Waals surface area (Å²) in [4.78, 5) is 40.1. The summed E-state index contributed by atoms with van der Waals surface area (Å²) in [6.45, 7) is 1.97. The van der Waals surface area contributed by atoms with Crippen molar-refractivity contribution < 1.29 is 23.9 Å². The van der Waals surface area contributed by atoms with E-state index in [2.05, 4.69) is 24.3 Å². The SMILES string of the molecule is Cc1cc(OC=C(c2ccccc2)c2ccccc2)ccc1N.O=C1C=CC(=O)N1.O=C1C=CC(=O)N1. The van der Waals surface area contributed by atoms with E-state index in [1.54, 1.807) is 6.26 Å². The zero-order valence-corrected chi connectivity index (χ0v) is 20.0. The second-order valence-corrected chi connectivity index (χ2v) is 7.77. The Morgan fingerprint density at radius 3 is 1.46 bits per heavy atom. The van der Waals surface area contributed by atoms with Crippen molar-refractivity contribution in [2.75, 3.05) is 5.73 Å². The number of carbonyl (C=O) groups is 4. The summed E-state index contributed by atoms with van der Waals surface area (Å²) in [7, 11) is 0. The first-order chi connectivity index (χ1) is 17.8. The smallest absolute Gasteiger partial charge is 0.250 e. The molecule has 0 bridgehead atoms. The molecule has 3 aromatic carbocycles. The second-order valence-electron chi connectivity index (χ2n) is 7.77. The fourth-order valence-corrected chi connectivity index (χ4v) is 3.10. The molecule has 0 spiro atoms. The lowest BCUT2D eigenvalue weighted by Crippen LogP contribution is -2.19. The molecule has 0 aliphatic carbocycles. The van der Waals surface area contributed by atoms with Gasteiger partial charge in [0.1, 0.15) is 5.75 Å². The van der Waals surface area contributed by atoms with Gasteiger partial charge in [0.25, 0.3) is 23.6 Å². The first kappa shape index (κ1) is 26.4. The molecule has 0 saturated carbocycles. The molecule has 4 amide bonds. The maximum absolute atomic E-state index is 10.0. The Hall–Kier alpha value is -5.24. The van der Waals surface area contributed by atoms with Gasteiger partial charge in [-0.25, -0.2) is 0 Å².